The summed E-state index contributed by atoms with van der Waals surface area (Å²) in [5.41, 5.74) is -3.73. The Hall–Kier alpha value is -1.44. The second-order valence-electron chi connectivity index (χ2n) is 3.72. The summed E-state index contributed by atoms with van der Waals surface area (Å²) in [7, 11) is 0.913. The average Bonchev–Trinajstić information content (AvgIpc) is 2.34. The van der Waals surface area contributed by atoms with Gasteiger partial charge in [0.2, 0.25) is 0 Å². The molecule has 0 N–H and O–H groups in total. The van der Waals surface area contributed by atoms with E-state index in [2.05, 4.69) is 4.74 Å². The van der Waals surface area contributed by atoms with Crippen LogP contribution in [0.5, 0.6) is 0 Å². The smallest absolute Gasteiger partial charge is 0.416 e. The van der Waals surface area contributed by atoms with Crippen LogP contribution in [0, 0.1) is 0 Å². The number of hydrogen-bond acceptors (Lipinski definition) is 2. The maximum atomic E-state index is 12.6. The fourth-order valence-corrected chi connectivity index (χ4v) is 1.58. The van der Waals surface area contributed by atoms with E-state index in [1.807, 2.05) is 0 Å². The average molecular weight is 321 g/mol. The molecule has 2 nitrogen and oxygen atoms in total. The topological polar surface area (TPSA) is 26.3 Å². The quantitative estimate of drug-likeness (QED) is 0.464. The Morgan fingerprint density at radius 2 is 1.45 bits per heavy atom. The van der Waals surface area contributed by atoms with Crippen LogP contribution in [-0.4, -0.2) is 13.1 Å². The predicted molar refractivity (Wildman–Crippen MR) is 57.1 cm³/mol. The molecule has 0 aromatic heterocycles. The molecule has 1 atom stereocenters. The van der Waals surface area contributed by atoms with Crippen molar-refractivity contribution in [3.05, 3.63) is 34.9 Å². The summed E-state index contributed by atoms with van der Waals surface area (Å²) in [5, 5.41) is -1.76. The Morgan fingerprint density at radius 3 is 1.75 bits per heavy atom. The molecular formula is C11H7ClF6O2. The highest BCUT2D eigenvalue weighted by Crippen LogP contribution is 2.38. The maximum absolute atomic E-state index is 12.6. The molecule has 0 aliphatic rings. The van der Waals surface area contributed by atoms with Crippen LogP contribution in [0.1, 0.15) is 22.1 Å². The molecule has 0 fully saturated rings. The summed E-state index contributed by atoms with van der Waals surface area (Å²) in [6.07, 6.45) is -9.99. The summed E-state index contributed by atoms with van der Waals surface area (Å²) in [6, 6.07) is 0.706. The number of carbonyl (C=O) groups is 1. The van der Waals surface area contributed by atoms with Crippen LogP contribution in [0.15, 0.2) is 18.2 Å². The minimum absolute atomic E-state index is 0.0512. The molecule has 0 heterocycles. The number of carbonyl (C=O) groups excluding carboxylic acids is 1. The lowest BCUT2D eigenvalue weighted by Gasteiger charge is -2.15. The Morgan fingerprint density at radius 1 is 1.05 bits per heavy atom. The van der Waals surface area contributed by atoms with E-state index in [4.69, 9.17) is 11.6 Å². The molecule has 0 radical (unpaired) electrons. The van der Waals surface area contributed by atoms with Crippen molar-refractivity contribution < 1.29 is 35.9 Å². The largest absolute Gasteiger partial charge is 0.468 e. The summed E-state index contributed by atoms with van der Waals surface area (Å²) in [6.45, 7) is 0. The maximum Gasteiger partial charge on any atom is 0.416 e. The number of hydrogen-bond donors (Lipinski definition) is 0. The number of halogens is 7. The molecule has 0 amide bonds. The van der Waals surface area contributed by atoms with Gasteiger partial charge in [-0.15, -0.1) is 11.6 Å². The third kappa shape index (κ3) is 3.78. The molecule has 9 heteroatoms. The third-order valence-electron chi connectivity index (χ3n) is 2.31. The van der Waals surface area contributed by atoms with Crippen molar-refractivity contribution in [3.63, 3.8) is 0 Å². The van der Waals surface area contributed by atoms with E-state index < -0.39 is 40.4 Å². The molecule has 1 unspecified atom stereocenters. The first-order valence-electron chi connectivity index (χ1n) is 4.98. The zero-order valence-electron chi connectivity index (χ0n) is 9.77. The van der Waals surface area contributed by atoms with Crippen molar-refractivity contribution in [1.29, 1.82) is 0 Å². The first kappa shape index (κ1) is 16.6. The zero-order chi connectivity index (χ0) is 15.7. The van der Waals surface area contributed by atoms with Gasteiger partial charge in [0.1, 0.15) is 0 Å². The second-order valence-corrected chi connectivity index (χ2v) is 4.16. The van der Waals surface area contributed by atoms with Crippen LogP contribution in [-0.2, 0) is 21.9 Å². The lowest BCUT2D eigenvalue weighted by Crippen LogP contribution is -2.15. The molecule has 0 saturated heterocycles. The summed E-state index contributed by atoms with van der Waals surface area (Å²) >= 11 is 5.49. The number of benzene rings is 1. The van der Waals surface area contributed by atoms with Gasteiger partial charge in [-0.25, -0.2) is 0 Å². The Bertz CT molecular complexity index is 476. The number of esters is 1. The molecule has 1 aromatic carbocycles. The van der Waals surface area contributed by atoms with Gasteiger partial charge in [-0.1, -0.05) is 0 Å². The minimum Gasteiger partial charge on any atom is -0.468 e. The van der Waals surface area contributed by atoms with Gasteiger partial charge in [-0.05, 0) is 23.8 Å². The Balaban J connectivity index is 3.42. The molecular weight excluding hydrogens is 314 g/mol. The van der Waals surface area contributed by atoms with Crippen LogP contribution >= 0.6 is 11.6 Å². The van der Waals surface area contributed by atoms with E-state index in [9.17, 15) is 31.1 Å². The highest BCUT2D eigenvalue weighted by Gasteiger charge is 2.38. The fraction of sp³-hybridized carbons (Fsp3) is 0.364. The molecule has 0 saturated carbocycles. The van der Waals surface area contributed by atoms with Gasteiger partial charge in [0, 0.05) is 0 Å². The second kappa shape index (κ2) is 5.51. The number of ether oxygens (including phenoxy) is 1. The van der Waals surface area contributed by atoms with Gasteiger partial charge in [0.15, 0.2) is 5.38 Å². The predicted octanol–water partition coefficient (Wildman–Crippen LogP) is 4.18. The first-order valence-corrected chi connectivity index (χ1v) is 5.41. The molecule has 0 aliphatic carbocycles. The molecule has 0 spiro atoms. The molecule has 0 aliphatic heterocycles. The van der Waals surface area contributed by atoms with E-state index in [-0.39, 0.29) is 6.07 Å². The van der Waals surface area contributed by atoms with Crippen molar-refractivity contribution in [2.75, 3.05) is 7.11 Å². The van der Waals surface area contributed by atoms with E-state index in [0.29, 0.717) is 12.1 Å². The third-order valence-corrected chi connectivity index (χ3v) is 2.74. The van der Waals surface area contributed by atoms with E-state index >= 15 is 0 Å². The summed E-state index contributed by atoms with van der Waals surface area (Å²) in [5.74, 6) is -1.15. The van der Waals surface area contributed by atoms with Crippen molar-refractivity contribution in [2.45, 2.75) is 17.7 Å². The van der Waals surface area contributed by atoms with E-state index in [1.54, 1.807) is 0 Å². The molecule has 20 heavy (non-hydrogen) atoms. The molecule has 0 bridgehead atoms. The van der Waals surface area contributed by atoms with Gasteiger partial charge >= 0.3 is 18.3 Å². The highest BCUT2D eigenvalue weighted by molar-refractivity contribution is 6.29. The van der Waals surface area contributed by atoms with E-state index in [1.165, 1.54) is 0 Å². The monoisotopic (exact) mass is 320 g/mol. The van der Waals surface area contributed by atoms with Crippen LogP contribution in [0.3, 0.4) is 0 Å². The van der Waals surface area contributed by atoms with Gasteiger partial charge in [0.05, 0.1) is 18.2 Å². The van der Waals surface area contributed by atoms with Crippen molar-refractivity contribution in [2.24, 2.45) is 0 Å². The van der Waals surface area contributed by atoms with Crippen molar-refractivity contribution in [3.8, 4) is 0 Å². The fourth-order valence-electron chi connectivity index (χ4n) is 1.36. The van der Waals surface area contributed by atoms with Crippen LogP contribution in [0.4, 0.5) is 26.3 Å². The van der Waals surface area contributed by atoms with Gasteiger partial charge in [-0.2, -0.15) is 26.3 Å². The van der Waals surface area contributed by atoms with Gasteiger partial charge in [0.25, 0.3) is 0 Å². The zero-order valence-corrected chi connectivity index (χ0v) is 10.5. The lowest BCUT2D eigenvalue weighted by molar-refractivity contribution is -0.144. The Labute approximate surface area is 114 Å². The number of alkyl halides is 7. The number of rotatable bonds is 2. The molecule has 1 aromatic rings. The van der Waals surface area contributed by atoms with Gasteiger partial charge in [-0.3, -0.25) is 4.79 Å². The van der Waals surface area contributed by atoms with Gasteiger partial charge < -0.3 is 4.74 Å². The Kier molecular flexibility index (Phi) is 4.58. The summed E-state index contributed by atoms with van der Waals surface area (Å²) in [4.78, 5) is 11.1. The van der Waals surface area contributed by atoms with Crippen LogP contribution in [0.25, 0.3) is 0 Å². The van der Waals surface area contributed by atoms with E-state index in [0.717, 1.165) is 7.11 Å². The first-order chi connectivity index (χ1) is 8.96. The van der Waals surface area contributed by atoms with Crippen LogP contribution < -0.4 is 0 Å². The van der Waals surface area contributed by atoms with Crippen molar-refractivity contribution in [1.82, 2.24) is 0 Å². The lowest BCUT2D eigenvalue weighted by atomic mass is 10.0. The minimum atomic E-state index is -5.00. The normalized spacial score (nSPS) is 14.0. The van der Waals surface area contributed by atoms with Crippen molar-refractivity contribution >= 4 is 17.6 Å². The van der Waals surface area contributed by atoms with Crippen LogP contribution in [0.2, 0.25) is 0 Å². The molecule has 112 valence electrons. The number of methoxy groups -OCH3 is 1. The SMILES string of the molecule is COC(=O)C(Cl)c1cc(C(F)(F)F)cc(C(F)(F)F)c1. The standard InChI is InChI=1S/C11H7ClF6O2/c1-20-9(19)8(12)5-2-6(10(13,14)15)4-7(3-5)11(16,17)18/h2-4,8H,1H3. The highest BCUT2D eigenvalue weighted by atomic mass is 35.5. The molecule has 1 rings (SSSR count). The summed E-state index contributed by atoms with van der Waals surface area (Å²) < 4.78 is 79.5.